The van der Waals surface area contributed by atoms with Crippen molar-refractivity contribution in [3.05, 3.63) is 41.7 Å². The predicted molar refractivity (Wildman–Crippen MR) is 76.6 cm³/mol. The second-order valence-electron chi connectivity index (χ2n) is 5.03. The molecule has 1 heterocycles. The number of hydrogen-bond donors (Lipinski definition) is 1. The molecule has 2 heteroatoms. The molecule has 0 bridgehead atoms. The van der Waals surface area contributed by atoms with Crippen LogP contribution >= 0.6 is 0 Å². The van der Waals surface area contributed by atoms with E-state index in [-0.39, 0.29) is 0 Å². The molecule has 18 heavy (non-hydrogen) atoms. The second-order valence-corrected chi connectivity index (χ2v) is 5.03. The lowest BCUT2D eigenvalue weighted by Gasteiger charge is -2.24. The zero-order valence-corrected chi connectivity index (χ0v) is 11.4. The Balaban J connectivity index is 1.91. The molecule has 1 aromatic rings. The number of pyridine rings is 1. The van der Waals surface area contributed by atoms with Gasteiger partial charge in [-0.05, 0) is 62.8 Å². The highest BCUT2D eigenvalue weighted by atomic mass is 14.9. The number of nitrogens with one attached hydrogen (secondary N) is 1. The van der Waals surface area contributed by atoms with Crippen molar-refractivity contribution in [1.29, 1.82) is 0 Å². The minimum atomic E-state index is 0.573. The van der Waals surface area contributed by atoms with E-state index in [0.717, 1.165) is 13.0 Å². The number of rotatable bonds is 6. The van der Waals surface area contributed by atoms with Crippen LogP contribution in [0.4, 0.5) is 0 Å². The van der Waals surface area contributed by atoms with E-state index in [1.165, 1.54) is 37.7 Å². The fourth-order valence-electron chi connectivity index (χ4n) is 2.70. The average molecular weight is 244 g/mol. The molecule has 1 unspecified atom stereocenters. The first-order valence-corrected chi connectivity index (χ1v) is 7.21. The van der Waals surface area contributed by atoms with Gasteiger partial charge < -0.3 is 5.32 Å². The van der Waals surface area contributed by atoms with Crippen LogP contribution in [0.3, 0.4) is 0 Å². The van der Waals surface area contributed by atoms with E-state index >= 15 is 0 Å². The van der Waals surface area contributed by atoms with Crippen LogP contribution in [-0.2, 0) is 6.42 Å². The van der Waals surface area contributed by atoms with Crippen molar-refractivity contribution in [3.8, 4) is 0 Å². The summed E-state index contributed by atoms with van der Waals surface area (Å²) in [5, 5.41) is 3.64. The maximum absolute atomic E-state index is 4.07. The highest BCUT2D eigenvalue weighted by molar-refractivity contribution is 5.16. The molecule has 1 atom stereocenters. The topological polar surface area (TPSA) is 24.9 Å². The summed E-state index contributed by atoms with van der Waals surface area (Å²) >= 11 is 0. The van der Waals surface area contributed by atoms with Crippen LogP contribution in [0.15, 0.2) is 36.2 Å². The third kappa shape index (κ3) is 3.95. The lowest BCUT2D eigenvalue weighted by atomic mass is 9.90. The standard InChI is InChI=1S/C16H24N2/c1-2-18-16(15-6-4-3-5-7-15)9-8-14-10-12-17-13-11-14/h6,10-13,16,18H,2-5,7-9H2,1H3. The Labute approximate surface area is 111 Å². The minimum Gasteiger partial charge on any atom is -0.311 e. The average Bonchev–Trinajstić information content (AvgIpc) is 2.45. The first-order chi connectivity index (χ1) is 8.90. The third-order valence-electron chi connectivity index (χ3n) is 3.70. The third-order valence-corrected chi connectivity index (χ3v) is 3.70. The van der Waals surface area contributed by atoms with Gasteiger partial charge in [0.05, 0.1) is 0 Å². The van der Waals surface area contributed by atoms with Gasteiger partial charge in [0.2, 0.25) is 0 Å². The van der Waals surface area contributed by atoms with Gasteiger partial charge in [-0.2, -0.15) is 0 Å². The molecule has 1 aliphatic carbocycles. The molecule has 1 aliphatic rings. The minimum absolute atomic E-state index is 0.573. The van der Waals surface area contributed by atoms with Gasteiger partial charge in [-0.1, -0.05) is 18.6 Å². The van der Waals surface area contributed by atoms with Gasteiger partial charge in [-0.3, -0.25) is 4.98 Å². The van der Waals surface area contributed by atoms with Crippen LogP contribution < -0.4 is 5.32 Å². The summed E-state index contributed by atoms with van der Waals surface area (Å²) in [5.74, 6) is 0. The molecule has 1 aromatic heterocycles. The second kappa shape index (κ2) is 7.32. The first kappa shape index (κ1) is 13.3. The molecule has 0 fully saturated rings. The molecule has 0 saturated heterocycles. The van der Waals surface area contributed by atoms with Gasteiger partial charge in [0.15, 0.2) is 0 Å². The first-order valence-electron chi connectivity index (χ1n) is 7.21. The van der Waals surface area contributed by atoms with Crippen LogP contribution in [0.2, 0.25) is 0 Å². The van der Waals surface area contributed by atoms with Crippen LogP contribution in [-0.4, -0.2) is 17.6 Å². The molecule has 98 valence electrons. The fourth-order valence-corrected chi connectivity index (χ4v) is 2.70. The lowest BCUT2D eigenvalue weighted by Crippen LogP contribution is -2.32. The Bertz CT molecular complexity index is 370. The van der Waals surface area contributed by atoms with Gasteiger partial charge in [0, 0.05) is 18.4 Å². The van der Waals surface area contributed by atoms with Gasteiger partial charge in [0.1, 0.15) is 0 Å². The number of nitrogens with zero attached hydrogens (tertiary/aromatic N) is 1. The van der Waals surface area contributed by atoms with Crippen molar-refractivity contribution in [2.75, 3.05) is 6.54 Å². The SMILES string of the molecule is CCNC(CCc1ccncc1)C1=CCCCC1. The molecule has 0 aromatic carbocycles. The molecule has 2 nitrogen and oxygen atoms in total. The normalized spacial score (nSPS) is 17.3. The van der Waals surface area contributed by atoms with E-state index in [4.69, 9.17) is 0 Å². The molecule has 0 radical (unpaired) electrons. The van der Waals surface area contributed by atoms with E-state index in [2.05, 4.69) is 35.4 Å². The van der Waals surface area contributed by atoms with E-state index in [0.29, 0.717) is 6.04 Å². The van der Waals surface area contributed by atoms with Crippen molar-refractivity contribution in [2.24, 2.45) is 0 Å². The number of allylic oxidation sites excluding steroid dienone is 1. The molecular formula is C16H24N2. The Morgan fingerprint density at radius 3 is 2.78 bits per heavy atom. The molecule has 0 saturated carbocycles. The largest absolute Gasteiger partial charge is 0.311 e. The predicted octanol–water partition coefficient (Wildman–Crippen LogP) is 3.49. The highest BCUT2D eigenvalue weighted by Crippen LogP contribution is 2.22. The summed E-state index contributed by atoms with van der Waals surface area (Å²) in [6.07, 6.45) is 13.9. The molecule has 0 spiro atoms. The summed E-state index contributed by atoms with van der Waals surface area (Å²) in [4.78, 5) is 4.07. The van der Waals surface area contributed by atoms with Crippen molar-refractivity contribution < 1.29 is 0 Å². The Morgan fingerprint density at radius 2 is 2.11 bits per heavy atom. The van der Waals surface area contributed by atoms with E-state index in [1.54, 1.807) is 5.57 Å². The van der Waals surface area contributed by atoms with Crippen molar-refractivity contribution in [2.45, 2.75) is 51.5 Å². The lowest BCUT2D eigenvalue weighted by molar-refractivity contribution is 0.515. The van der Waals surface area contributed by atoms with Crippen molar-refractivity contribution in [1.82, 2.24) is 10.3 Å². The molecule has 0 aliphatic heterocycles. The van der Waals surface area contributed by atoms with Gasteiger partial charge in [0.25, 0.3) is 0 Å². The maximum atomic E-state index is 4.07. The number of aryl methyl sites for hydroxylation is 1. The summed E-state index contributed by atoms with van der Waals surface area (Å²) in [7, 11) is 0. The van der Waals surface area contributed by atoms with Gasteiger partial charge in [-0.15, -0.1) is 0 Å². The highest BCUT2D eigenvalue weighted by Gasteiger charge is 2.14. The van der Waals surface area contributed by atoms with Gasteiger partial charge >= 0.3 is 0 Å². The summed E-state index contributed by atoms with van der Waals surface area (Å²) in [5.41, 5.74) is 3.03. The van der Waals surface area contributed by atoms with Crippen LogP contribution in [0.25, 0.3) is 0 Å². The zero-order valence-electron chi connectivity index (χ0n) is 11.4. The fraction of sp³-hybridized carbons (Fsp3) is 0.562. The van der Waals surface area contributed by atoms with Crippen molar-refractivity contribution >= 4 is 0 Å². The summed E-state index contributed by atoms with van der Waals surface area (Å²) in [6.45, 7) is 3.25. The Hall–Kier alpha value is -1.15. The zero-order chi connectivity index (χ0) is 12.6. The summed E-state index contributed by atoms with van der Waals surface area (Å²) < 4.78 is 0. The molecular weight excluding hydrogens is 220 g/mol. The molecule has 1 N–H and O–H groups in total. The smallest absolute Gasteiger partial charge is 0.0282 e. The van der Waals surface area contributed by atoms with E-state index in [9.17, 15) is 0 Å². The maximum Gasteiger partial charge on any atom is 0.0282 e. The van der Waals surface area contributed by atoms with E-state index in [1.807, 2.05) is 12.4 Å². The number of aromatic nitrogens is 1. The number of hydrogen-bond acceptors (Lipinski definition) is 2. The Kier molecular flexibility index (Phi) is 5.40. The van der Waals surface area contributed by atoms with E-state index < -0.39 is 0 Å². The monoisotopic (exact) mass is 244 g/mol. The molecule has 2 rings (SSSR count). The summed E-state index contributed by atoms with van der Waals surface area (Å²) in [6, 6.07) is 4.82. The number of likely N-dealkylation sites (N-methyl/N-ethyl adjacent to an activating group) is 1. The Morgan fingerprint density at radius 1 is 1.28 bits per heavy atom. The van der Waals surface area contributed by atoms with Crippen LogP contribution in [0.5, 0.6) is 0 Å². The van der Waals surface area contributed by atoms with Gasteiger partial charge in [-0.25, -0.2) is 0 Å². The van der Waals surface area contributed by atoms with Crippen LogP contribution in [0, 0.1) is 0 Å². The van der Waals surface area contributed by atoms with Crippen LogP contribution in [0.1, 0.15) is 44.6 Å². The quantitative estimate of drug-likeness (QED) is 0.775. The van der Waals surface area contributed by atoms with Crippen molar-refractivity contribution in [3.63, 3.8) is 0 Å². The molecule has 0 amide bonds.